The van der Waals surface area contributed by atoms with Gasteiger partial charge in [-0.05, 0) is 37.3 Å². The molecule has 1 aromatic carbocycles. The normalized spacial score (nSPS) is 14.9. The molecule has 23 heavy (non-hydrogen) atoms. The number of nitrogens with zero attached hydrogens (tertiary/aromatic N) is 2. The van der Waals surface area contributed by atoms with Crippen LogP contribution in [0.4, 0.5) is 5.82 Å². The zero-order chi connectivity index (χ0) is 15.8. The second-order valence-corrected chi connectivity index (χ2v) is 7.15. The van der Waals surface area contributed by atoms with Gasteiger partial charge in [0.2, 0.25) is 0 Å². The zero-order valence-electron chi connectivity index (χ0n) is 13.0. The van der Waals surface area contributed by atoms with Gasteiger partial charge in [0.25, 0.3) is 0 Å². The Morgan fingerprint density at radius 2 is 2.22 bits per heavy atom. The molecule has 1 atom stereocenters. The van der Waals surface area contributed by atoms with Crippen LogP contribution >= 0.6 is 11.3 Å². The molecule has 0 fully saturated rings. The van der Waals surface area contributed by atoms with Crippen molar-refractivity contribution in [3.05, 3.63) is 52.2 Å². The fraction of sp³-hybridized carbons (Fsp3) is 0.333. The van der Waals surface area contributed by atoms with E-state index in [1.165, 1.54) is 16.9 Å². The number of benzene rings is 1. The summed E-state index contributed by atoms with van der Waals surface area (Å²) in [7, 11) is 0. The highest BCUT2D eigenvalue weighted by Crippen LogP contribution is 2.39. The first-order chi connectivity index (χ1) is 11.2. The summed E-state index contributed by atoms with van der Waals surface area (Å²) in [5, 5.41) is 14.9. The molecule has 0 radical (unpaired) electrons. The molecular formula is C18H19N3OS. The second-order valence-electron chi connectivity index (χ2n) is 6.07. The molecule has 0 saturated carbocycles. The third kappa shape index (κ3) is 2.71. The lowest BCUT2D eigenvalue weighted by Crippen LogP contribution is -2.13. The Hall–Kier alpha value is -1.98. The van der Waals surface area contributed by atoms with Crippen LogP contribution in [0.1, 0.15) is 34.1 Å². The smallest absolute Gasteiger partial charge is 0.138 e. The molecule has 0 bridgehead atoms. The molecule has 2 heterocycles. The van der Waals surface area contributed by atoms with E-state index in [0.29, 0.717) is 6.54 Å². The van der Waals surface area contributed by atoms with Gasteiger partial charge in [0.05, 0.1) is 11.5 Å². The number of nitrogens with one attached hydrogen (secondary N) is 1. The lowest BCUT2D eigenvalue weighted by Gasteiger charge is -2.14. The molecule has 0 spiro atoms. The van der Waals surface area contributed by atoms with E-state index in [0.717, 1.165) is 40.0 Å². The van der Waals surface area contributed by atoms with E-state index >= 15 is 0 Å². The lowest BCUT2D eigenvalue weighted by atomic mass is 10.1. The molecule has 4 nitrogen and oxygen atoms in total. The largest absolute Gasteiger partial charge is 0.387 e. The molecule has 5 heteroatoms. The van der Waals surface area contributed by atoms with Crippen LogP contribution in [0.15, 0.2) is 30.6 Å². The van der Waals surface area contributed by atoms with E-state index < -0.39 is 6.10 Å². The summed E-state index contributed by atoms with van der Waals surface area (Å²) < 4.78 is 0. The number of fused-ring (bicyclic) bond motifs is 3. The highest BCUT2D eigenvalue weighted by molar-refractivity contribution is 7.19. The van der Waals surface area contributed by atoms with E-state index in [-0.39, 0.29) is 0 Å². The van der Waals surface area contributed by atoms with Crippen molar-refractivity contribution in [3.63, 3.8) is 0 Å². The quantitative estimate of drug-likeness (QED) is 0.769. The second kappa shape index (κ2) is 5.91. The predicted molar refractivity (Wildman–Crippen MR) is 94.1 cm³/mol. The third-order valence-corrected chi connectivity index (χ3v) is 5.59. The number of thiophene rings is 1. The Labute approximate surface area is 139 Å². The summed E-state index contributed by atoms with van der Waals surface area (Å²) >= 11 is 1.78. The Kier molecular flexibility index (Phi) is 3.75. The predicted octanol–water partition coefficient (Wildman–Crippen LogP) is 3.63. The van der Waals surface area contributed by atoms with Gasteiger partial charge in [-0.25, -0.2) is 9.97 Å². The fourth-order valence-electron chi connectivity index (χ4n) is 3.25. The maximum absolute atomic E-state index is 10.4. The van der Waals surface area contributed by atoms with E-state index in [1.807, 2.05) is 31.2 Å². The number of hydrogen-bond acceptors (Lipinski definition) is 5. The van der Waals surface area contributed by atoms with Crippen molar-refractivity contribution >= 4 is 27.4 Å². The molecule has 1 unspecified atom stereocenters. The first kappa shape index (κ1) is 14.6. The van der Waals surface area contributed by atoms with Crippen molar-refractivity contribution in [2.75, 3.05) is 11.9 Å². The van der Waals surface area contributed by atoms with Crippen molar-refractivity contribution in [1.82, 2.24) is 9.97 Å². The van der Waals surface area contributed by atoms with Crippen LogP contribution in [-0.2, 0) is 12.8 Å². The standard InChI is InChI=1S/C18H19N3OS/c1-11-4-2-5-12(8-11)14(22)9-19-17-16-13-6-3-7-15(13)23-18(16)21-10-20-17/h2,4-5,8,10,14,22H,3,6-7,9H2,1H3,(H,19,20,21). The van der Waals surface area contributed by atoms with E-state index in [2.05, 4.69) is 15.3 Å². The van der Waals surface area contributed by atoms with Crippen molar-refractivity contribution in [2.24, 2.45) is 0 Å². The number of hydrogen-bond donors (Lipinski definition) is 2. The summed E-state index contributed by atoms with van der Waals surface area (Å²) in [5.41, 5.74) is 3.48. The monoisotopic (exact) mass is 325 g/mol. The van der Waals surface area contributed by atoms with Crippen molar-refractivity contribution in [1.29, 1.82) is 0 Å². The third-order valence-electron chi connectivity index (χ3n) is 4.39. The fourth-order valence-corrected chi connectivity index (χ4v) is 4.48. The summed E-state index contributed by atoms with van der Waals surface area (Å²) in [6.45, 7) is 2.48. The average molecular weight is 325 g/mol. The van der Waals surface area contributed by atoms with E-state index in [1.54, 1.807) is 17.7 Å². The number of anilines is 1. The van der Waals surface area contributed by atoms with Crippen LogP contribution < -0.4 is 5.32 Å². The van der Waals surface area contributed by atoms with Crippen LogP contribution in [0.25, 0.3) is 10.2 Å². The summed E-state index contributed by atoms with van der Waals surface area (Å²) in [5.74, 6) is 0.848. The first-order valence-electron chi connectivity index (χ1n) is 7.96. The number of rotatable bonds is 4. The van der Waals surface area contributed by atoms with Gasteiger partial charge < -0.3 is 10.4 Å². The van der Waals surface area contributed by atoms with E-state index in [4.69, 9.17) is 0 Å². The van der Waals surface area contributed by atoms with Crippen molar-refractivity contribution in [2.45, 2.75) is 32.3 Å². The van der Waals surface area contributed by atoms with E-state index in [9.17, 15) is 5.11 Å². The van der Waals surface area contributed by atoms with Gasteiger partial charge >= 0.3 is 0 Å². The highest BCUT2D eigenvalue weighted by Gasteiger charge is 2.21. The summed E-state index contributed by atoms with van der Waals surface area (Å²) in [6.07, 6.45) is 4.54. The molecule has 2 aromatic heterocycles. The number of aromatic nitrogens is 2. The maximum Gasteiger partial charge on any atom is 0.138 e. The highest BCUT2D eigenvalue weighted by atomic mass is 32.1. The number of aliphatic hydroxyl groups excluding tert-OH is 1. The van der Waals surface area contributed by atoms with Crippen LogP contribution in [0, 0.1) is 6.92 Å². The van der Waals surface area contributed by atoms with Crippen LogP contribution in [0.2, 0.25) is 0 Å². The minimum Gasteiger partial charge on any atom is -0.387 e. The summed E-state index contributed by atoms with van der Waals surface area (Å²) in [6, 6.07) is 7.98. The van der Waals surface area contributed by atoms with Gasteiger partial charge in [-0.15, -0.1) is 11.3 Å². The molecule has 1 aliphatic carbocycles. The first-order valence-corrected chi connectivity index (χ1v) is 8.78. The van der Waals surface area contributed by atoms with Crippen molar-refractivity contribution in [3.8, 4) is 0 Å². The average Bonchev–Trinajstić information content (AvgIpc) is 3.13. The van der Waals surface area contributed by atoms with Crippen LogP contribution in [0.3, 0.4) is 0 Å². The minimum atomic E-state index is -0.549. The maximum atomic E-state index is 10.4. The molecule has 0 aliphatic heterocycles. The van der Waals surface area contributed by atoms with Gasteiger partial charge in [-0.2, -0.15) is 0 Å². The topological polar surface area (TPSA) is 58.0 Å². The molecule has 0 amide bonds. The Balaban J connectivity index is 1.58. The van der Waals surface area contributed by atoms with Crippen molar-refractivity contribution < 1.29 is 5.11 Å². The molecule has 3 aromatic rings. The van der Waals surface area contributed by atoms with Crippen LogP contribution in [0.5, 0.6) is 0 Å². The van der Waals surface area contributed by atoms with Gasteiger partial charge in [0.1, 0.15) is 17.0 Å². The lowest BCUT2D eigenvalue weighted by molar-refractivity contribution is 0.191. The molecule has 2 N–H and O–H groups in total. The molecular weight excluding hydrogens is 306 g/mol. The van der Waals surface area contributed by atoms with Gasteiger partial charge in [0.15, 0.2) is 0 Å². The molecule has 4 rings (SSSR count). The summed E-state index contributed by atoms with van der Waals surface area (Å²) in [4.78, 5) is 11.3. The van der Waals surface area contributed by atoms with Gasteiger partial charge in [-0.1, -0.05) is 29.8 Å². The molecule has 118 valence electrons. The minimum absolute atomic E-state index is 0.445. The Morgan fingerprint density at radius 3 is 3.09 bits per heavy atom. The zero-order valence-corrected chi connectivity index (χ0v) is 13.9. The van der Waals surface area contributed by atoms with Gasteiger partial charge in [0, 0.05) is 11.4 Å². The van der Waals surface area contributed by atoms with Gasteiger partial charge in [-0.3, -0.25) is 0 Å². The number of aryl methyl sites for hydroxylation is 3. The Bertz CT molecular complexity index is 859. The molecule has 0 saturated heterocycles. The SMILES string of the molecule is Cc1cccc(C(O)CNc2ncnc3sc4c(c23)CCC4)c1. The van der Waals surface area contributed by atoms with Crippen LogP contribution in [-0.4, -0.2) is 21.6 Å². The number of aliphatic hydroxyl groups is 1. The molecule has 1 aliphatic rings. The Morgan fingerprint density at radius 1 is 1.30 bits per heavy atom.